The molecule has 0 aliphatic rings. The Morgan fingerprint density at radius 1 is 1.25 bits per heavy atom. The van der Waals surface area contributed by atoms with Gasteiger partial charge in [-0.15, -0.1) is 0 Å². The van der Waals surface area contributed by atoms with Crippen LogP contribution in [0.4, 0.5) is 0 Å². The Hall–Kier alpha value is -2.36. The molecule has 0 fully saturated rings. The van der Waals surface area contributed by atoms with Crippen LogP contribution >= 0.6 is 0 Å². The molecular weight excluding hydrogens is 252 g/mol. The van der Waals surface area contributed by atoms with Crippen LogP contribution in [0, 0.1) is 0 Å². The molecule has 0 aliphatic carbocycles. The minimum absolute atomic E-state index is 0.121. The lowest BCUT2D eigenvalue weighted by Crippen LogP contribution is -2.22. The fourth-order valence-corrected chi connectivity index (χ4v) is 1.70. The topological polar surface area (TPSA) is 51.2 Å². The van der Waals surface area contributed by atoms with E-state index in [-0.39, 0.29) is 5.91 Å². The van der Waals surface area contributed by atoms with Crippen LogP contribution in [-0.4, -0.2) is 17.5 Å². The monoisotopic (exact) mass is 270 g/mol. The summed E-state index contributed by atoms with van der Waals surface area (Å²) in [7, 11) is 0. The summed E-state index contributed by atoms with van der Waals surface area (Å²) in [5.74, 6) is 0.735. The molecule has 0 aliphatic heterocycles. The summed E-state index contributed by atoms with van der Waals surface area (Å²) < 4.78 is 5.51. The molecular formula is C16H18N2O2. The van der Waals surface area contributed by atoms with E-state index in [0.717, 1.165) is 24.3 Å². The summed E-state index contributed by atoms with van der Waals surface area (Å²) in [5.41, 5.74) is 1.60. The number of benzene rings is 1. The minimum Gasteiger partial charge on any atom is -0.494 e. The van der Waals surface area contributed by atoms with Crippen LogP contribution in [0.1, 0.15) is 29.3 Å². The van der Waals surface area contributed by atoms with Crippen molar-refractivity contribution < 1.29 is 9.53 Å². The number of amides is 1. The Balaban J connectivity index is 1.86. The number of aromatic nitrogens is 1. The molecule has 104 valence electrons. The first-order chi connectivity index (χ1) is 9.79. The second kappa shape index (κ2) is 7.28. The fraction of sp³-hybridized carbons (Fsp3) is 0.250. The summed E-state index contributed by atoms with van der Waals surface area (Å²) in [6.07, 6.45) is 4.19. The molecule has 2 rings (SSSR count). The minimum atomic E-state index is -0.121. The van der Waals surface area contributed by atoms with E-state index in [4.69, 9.17) is 4.74 Å². The van der Waals surface area contributed by atoms with Gasteiger partial charge in [-0.05, 0) is 36.2 Å². The van der Waals surface area contributed by atoms with Crippen molar-refractivity contribution in [2.75, 3.05) is 6.61 Å². The van der Waals surface area contributed by atoms with Gasteiger partial charge in [0, 0.05) is 18.9 Å². The Labute approximate surface area is 118 Å². The van der Waals surface area contributed by atoms with Crippen molar-refractivity contribution in [3.63, 3.8) is 0 Å². The number of nitrogens with one attached hydrogen (secondary N) is 1. The first-order valence-corrected chi connectivity index (χ1v) is 6.69. The first-order valence-electron chi connectivity index (χ1n) is 6.69. The van der Waals surface area contributed by atoms with Crippen molar-refractivity contribution in [1.29, 1.82) is 0 Å². The molecule has 4 heteroatoms. The van der Waals surface area contributed by atoms with Gasteiger partial charge in [0.2, 0.25) is 0 Å². The standard InChI is InChI=1S/C16H18N2O2/c1-2-10-20-15-7-5-13(6-8-15)11-18-16(19)14-4-3-9-17-12-14/h3-9,12H,2,10-11H2,1H3,(H,18,19). The Morgan fingerprint density at radius 3 is 2.70 bits per heavy atom. The van der Waals surface area contributed by atoms with Gasteiger partial charge in [-0.3, -0.25) is 9.78 Å². The fourth-order valence-electron chi connectivity index (χ4n) is 1.70. The Bertz CT molecular complexity index is 538. The summed E-state index contributed by atoms with van der Waals surface area (Å²) in [6, 6.07) is 11.2. The highest BCUT2D eigenvalue weighted by Gasteiger charge is 2.04. The van der Waals surface area contributed by atoms with Crippen LogP contribution in [0.2, 0.25) is 0 Å². The van der Waals surface area contributed by atoms with E-state index in [9.17, 15) is 4.79 Å². The number of pyridine rings is 1. The average molecular weight is 270 g/mol. The van der Waals surface area contributed by atoms with Crippen LogP contribution < -0.4 is 10.1 Å². The molecule has 0 saturated carbocycles. The van der Waals surface area contributed by atoms with Gasteiger partial charge in [-0.1, -0.05) is 19.1 Å². The number of hydrogen-bond acceptors (Lipinski definition) is 3. The van der Waals surface area contributed by atoms with E-state index >= 15 is 0 Å². The second-order valence-corrected chi connectivity index (χ2v) is 4.42. The van der Waals surface area contributed by atoms with Gasteiger partial charge < -0.3 is 10.1 Å². The summed E-state index contributed by atoms with van der Waals surface area (Å²) >= 11 is 0. The molecule has 2 aromatic rings. The average Bonchev–Trinajstić information content (AvgIpc) is 2.52. The molecule has 4 nitrogen and oxygen atoms in total. The lowest BCUT2D eigenvalue weighted by molar-refractivity contribution is 0.0950. The zero-order valence-electron chi connectivity index (χ0n) is 11.5. The molecule has 0 saturated heterocycles. The van der Waals surface area contributed by atoms with Gasteiger partial charge in [0.25, 0.3) is 5.91 Å². The molecule has 1 aromatic heterocycles. The quantitative estimate of drug-likeness (QED) is 0.878. The van der Waals surface area contributed by atoms with E-state index in [1.54, 1.807) is 24.5 Å². The largest absolute Gasteiger partial charge is 0.494 e. The predicted molar refractivity (Wildman–Crippen MR) is 77.6 cm³/mol. The molecule has 1 heterocycles. The number of nitrogens with zero attached hydrogens (tertiary/aromatic N) is 1. The van der Waals surface area contributed by atoms with E-state index in [1.165, 1.54) is 0 Å². The highest BCUT2D eigenvalue weighted by atomic mass is 16.5. The van der Waals surface area contributed by atoms with Gasteiger partial charge in [0.1, 0.15) is 5.75 Å². The van der Waals surface area contributed by atoms with Crippen molar-refractivity contribution in [3.05, 3.63) is 59.9 Å². The molecule has 1 N–H and O–H groups in total. The summed E-state index contributed by atoms with van der Waals surface area (Å²) in [5, 5.41) is 2.86. The van der Waals surface area contributed by atoms with Crippen LogP contribution in [0.3, 0.4) is 0 Å². The van der Waals surface area contributed by atoms with Crippen molar-refractivity contribution >= 4 is 5.91 Å². The van der Waals surface area contributed by atoms with E-state index in [0.29, 0.717) is 12.1 Å². The number of rotatable bonds is 6. The second-order valence-electron chi connectivity index (χ2n) is 4.42. The molecule has 0 unspecified atom stereocenters. The van der Waals surface area contributed by atoms with Crippen LogP contribution in [-0.2, 0) is 6.54 Å². The van der Waals surface area contributed by atoms with Crippen LogP contribution in [0.25, 0.3) is 0 Å². The highest BCUT2D eigenvalue weighted by Crippen LogP contribution is 2.12. The SMILES string of the molecule is CCCOc1ccc(CNC(=O)c2cccnc2)cc1. The third-order valence-corrected chi connectivity index (χ3v) is 2.77. The number of carbonyl (C=O) groups excluding carboxylic acids is 1. The van der Waals surface area contributed by atoms with Gasteiger partial charge >= 0.3 is 0 Å². The zero-order valence-corrected chi connectivity index (χ0v) is 11.5. The zero-order chi connectivity index (χ0) is 14.2. The summed E-state index contributed by atoms with van der Waals surface area (Å²) in [6.45, 7) is 3.28. The summed E-state index contributed by atoms with van der Waals surface area (Å²) in [4.78, 5) is 15.8. The predicted octanol–water partition coefficient (Wildman–Crippen LogP) is 2.80. The molecule has 20 heavy (non-hydrogen) atoms. The van der Waals surface area contributed by atoms with Gasteiger partial charge in [-0.25, -0.2) is 0 Å². The lowest BCUT2D eigenvalue weighted by Gasteiger charge is -2.07. The van der Waals surface area contributed by atoms with Crippen molar-refractivity contribution in [3.8, 4) is 5.75 Å². The third-order valence-electron chi connectivity index (χ3n) is 2.77. The van der Waals surface area contributed by atoms with Crippen LogP contribution in [0.15, 0.2) is 48.8 Å². The maximum absolute atomic E-state index is 11.9. The maximum Gasteiger partial charge on any atom is 0.253 e. The molecule has 1 aromatic carbocycles. The number of ether oxygens (including phenoxy) is 1. The lowest BCUT2D eigenvalue weighted by atomic mass is 10.2. The number of carbonyl (C=O) groups is 1. The Morgan fingerprint density at radius 2 is 2.05 bits per heavy atom. The smallest absolute Gasteiger partial charge is 0.253 e. The highest BCUT2D eigenvalue weighted by molar-refractivity contribution is 5.93. The normalized spacial score (nSPS) is 10.1. The van der Waals surface area contributed by atoms with Gasteiger partial charge in [-0.2, -0.15) is 0 Å². The molecule has 0 radical (unpaired) electrons. The van der Waals surface area contributed by atoms with Gasteiger partial charge in [0.15, 0.2) is 0 Å². The van der Waals surface area contributed by atoms with E-state index in [2.05, 4.69) is 17.2 Å². The molecule has 0 atom stereocenters. The Kier molecular flexibility index (Phi) is 5.12. The molecule has 0 bridgehead atoms. The molecule has 1 amide bonds. The maximum atomic E-state index is 11.9. The van der Waals surface area contributed by atoms with Crippen molar-refractivity contribution in [2.45, 2.75) is 19.9 Å². The van der Waals surface area contributed by atoms with Crippen LogP contribution in [0.5, 0.6) is 5.75 Å². The molecule has 0 spiro atoms. The number of hydrogen-bond donors (Lipinski definition) is 1. The van der Waals surface area contributed by atoms with E-state index in [1.807, 2.05) is 24.3 Å². The first kappa shape index (κ1) is 14.1. The van der Waals surface area contributed by atoms with E-state index < -0.39 is 0 Å². The van der Waals surface area contributed by atoms with Crippen molar-refractivity contribution in [1.82, 2.24) is 10.3 Å². The van der Waals surface area contributed by atoms with Crippen molar-refractivity contribution in [2.24, 2.45) is 0 Å². The van der Waals surface area contributed by atoms with Gasteiger partial charge in [0.05, 0.1) is 12.2 Å². The third kappa shape index (κ3) is 4.09.